The van der Waals surface area contributed by atoms with Crippen LogP contribution in [-0.2, 0) is 9.13 Å². The van der Waals surface area contributed by atoms with Crippen molar-refractivity contribution in [3.05, 3.63) is 11.1 Å². The SMILES string of the molecule is Cc1csc(NC(P(=O)(O)O)P(=O)(O)O)n1.[H-].[H-].[Na+].[Na+]. The van der Waals surface area contributed by atoms with Gasteiger partial charge in [-0.15, -0.1) is 11.3 Å². The van der Waals surface area contributed by atoms with Gasteiger partial charge in [0.05, 0.1) is 5.69 Å². The zero-order valence-electron chi connectivity index (χ0n) is 12.0. The van der Waals surface area contributed by atoms with Crippen LogP contribution in [0.1, 0.15) is 8.55 Å². The Hall–Kier alpha value is 1.73. The van der Waals surface area contributed by atoms with Crippen molar-refractivity contribution in [1.29, 1.82) is 0 Å². The van der Waals surface area contributed by atoms with Gasteiger partial charge in [-0.25, -0.2) is 4.98 Å². The third kappa shape index (κ3) is 6.95. The van der Waals surface area contributed by atoms with Crippen LogP contribution in [0.2, 0.25) is 0 Å². The maximum absolute atomic E-state index is 10.9. The number of thiazole rings is 1. The van der Waals surface area contributed by atoms with E-state index >= 15 is 0 Å². The Labute approximate surface area is 154 Å². The summed E-state index contributed by atoms with van der Waals surface area (Å²) >= 11 is 1.00. The fourth-order valence-electron chi connectivity index (χ4n) is 0.895. The van der Waals surface area contributed by atoms with Gasteiger partial charge in [-0.1, -0.05) is 0 Å². The molecule has 1 aromatic heterocycles. The molecule has 0 saturated heterocycles. The summed E-state index contributed by atoms with van der Waals surface area (Å²) in [6.07, 6.45) is 0. The van der Waals surface area contributed by atoms with E-state index in [9.17, 15) is 9.13 Å². The predicted octanol–water partition coefficient (Wildman–Crippen LogP) is -5.26. The van der Waals surface area contributed by atoms with Crippen molar-refractivity contribution < 1.29 is 90.7 Å². The largest absolute Gasteiger partial charge is 1.00 e. The van der Waals surface area contributed by atoms with E-state index in [-0.39, 0.29) is 67.1 Å². The minimum atomic E-state index is -4.96. The van der Waals surface area contributed by atoms with Crippen LogP contribution in [0.25, 0.3) is 0 Å². The van der Waals surface area contributed by atoms with E-state index in [2.05, 4.69) is 10.3 Å². The minimum Gasteiger partial charge on any atom is -1.00 e. The molecule has 0 atom stereocenters. The Kier molecular flexibility index (Phi) is 10.1. The van der Waals surface area contributed by atoms with Crippen molar-refractivity contribution in [3.63, 3.8) is 0 Å². The van der Waals surface area contributed by atoms with Gasteiger partial charge < -0.3 is 27.7 Å². The van der Waals surface area contributed by atoms with Crippen LogP contribution in [0, 0.1) is 6.92 Å². The minimum absolute atomic E-state index is 0. The van der Waals surface area contributed by atoms with Crippen molar-refractivity contribution in [3.8, 4) is 0 Å². The Morgan fingerprint density at radius 3 is 2.00 bits per heavy atom. The van der Waals surface area contributed by atoms with Gasteiger partial charge in [-0.2, -0.15) is 0 Å². The number of rotatable bonds is 4. The van der Waals surface area contributed by atoms with Gasteiger partial charge in [0.1, 0.15) is 0 Å². The molecule has 0 radical (unpaired) electrons. The zero-order chi connectivity index (χ0) is 12.6. The van der Waals surface area contributed by atoms with E-state index in [0.29, 0.717) is 5.69 Å². The molecule has 5 N–H and O–H groups in total. The Balaban J connectivity index is -0.000000320. The molecule has 1 heterocycles. The van der Waals surface area contributed by atoms with Crippen LogP contribution in [0.4, 0.5) is 5.13 Å². The zero-order valence-corrected chi connectivity index (χ0v) is 16.6. The standard InChI is InChI=1S/C5H10N2O6P2S.2Na.2H/c1-3-2-16-4(6-3)7-5(14(8,9)10)15(11,12)13;;;;/h2,5H,1H3,(H,6,7)(H2,8,9,10)(H2,11,12,13);;;;/q;2*+1;2*-1. The fourth-order valence-corrected chi connectivity index (χ4v) is 3.94. The van der Waals surface area contributed by atoms with Crippen molar-refractivity contribution in [2.24, 2.45) is 0 Å². The number of aromatic nitrogens is 1. The Morgan fingerprint density at radius 2 is 1.72 bits per heavy atom. The van der Waals surface area contributed by atoms with Crippen LogP contribution >= 0.6 is 26.5 Å². The molecule has 0 bridgehead atoms. The molecule has 0 aliphatic carbocycles. The van der Waals surface area contributed by atoms with Gasteiger partial charge >= 0.3 is 74.3 Å². The van der Waals surface area contributed by atoms with Crippen molar-refractivity contribution in [1.82, 2.24) is 4.98 Å². The van der Waals surface area contributed by atoms with E-state index in [1.54, 1.807) is 12.3 Å². The van der Waals surface area contributed by atoms with Crippen LogP contribution in [-0.4, -0.2) is 30.1 Å². The van der Waals surface area contributed by atoms with E-state index < -0.39 is 20.7 Å². The smallest absolute Gasteiger partial charge is 1.00 e. The van der Waals surface area contributed by atoms with Crippen molar-refractivity contribution in [2.75, 3.05) is 5.32 Å². The first-order chi connectivity index (χ1) is 7.10. The topological polar surface area (TPSA) is 140 Å². The second-order valence-corrected chi connectivity index (χ2v) is 7.64. The monoisotopic (exact) mass is 336 g/mol. The van der Waals surface area contributed by atoms with Crippen molar-refractivity contribution >= 4 is 31.7 Å². The molecule has 0 amide bonds. The molecular formula is C5H12N2Na2O6P2S. The number of anilines is 1. The van der Waals surface area contributed by atoms with Gasteiger partial charge in [0.25, 0.3) is 0 Å². The average molecular weight is 336 g/mol. The molecule has 0 aliphatic rings. The molecule has 0 fully saturated rings. The van der Waals surface area contributed by atoms with Crippen LogP contribution in [0.3, 0.4) is 0 Å². The van der Waals surface area contributed by atoms with Crippen LogP contribution in [0.5, 0.6) is 0 Å². The van der Waals surface area contributed by atoms with Gasteiger partial charge in [-0.05, 0) is 6.92 Å². The summed E-state index contributed by atoms with van der Waals surface area (Å²) in [7, 11) is -9.92. The molecule has 0 spiro atoms. The summed E-state index contributed by atoms with van der Waals surface area (Å²) < 4.78 is 21.8. The molecule has 0 saturated carbocycles. The first-order valence-corrected chi connectivity index (χ1v) is 8.14. The molecule has 13 heteroatoms. The maximum Gasteiger partial charge on any atom is 1.00 e. The van der Waals surface area contributed by atoms with E-state index in [0.717, 1.165) is 11.3 Å². The number of nitrogens with one attached hydrogen (secondary N) is 1. The molecule has 8 nitrogen and oxygen atoms in total. The Bertz CT molecular complexity index is 460. The normalized spacial score (nSPS) is 11.7. The van der Waals surface area contributed by atoms with Gasteiger partial charge in [-0.3, -0.25) is 9.13 Å². The Morgan fingerprint density at radius 1 is 1.28 bits per heavy atom. The third-order valence-corrected chi connectivity index (χ3v) is 5.74. The third-order valence-electron chi connectivity index (χ3n) is 1.51. The molecular weight excluding hydrogens is 324 g/mol. The van der Waals surface area contributed by atoms with E-state index in [1.165, 1.54) is 0 Å². The van der Waals surface area contributed by atoms with E-state index in [1.807, 2.05) is 0 Å². The summed E-state index contributed by atoms with van der Waals surface area (Å²) in [5, 5.41) is 3.69. The van der Waals surface area contributed by atoms with Crippen molar-refractivity contribution in [2.45, 2.75) is 12.4 Å². The predicted molar refractivity (Wildman–Crippen MR) is 60.6 cm³/mol. The second kappa shape index (κ2) is 8.24. The summed E-state index contributed by atoms with van der Waals surface area (Å²) in [4.78, 5) is 39.1. The average Bonchev–Trinajstić information content (AvgIpc) is 2.43. The summed E-state index contributed by atoms with van der Waals surface area (Å²) in [6.45, 7) is 1.64. The molecule has 96 valence electrons. The maximum atomic E-state index is 10.9. The summed E-state index contributed by atoms with van der Waals surface area (Å²) in [5.74, 6) is 0. The van der Waals surface area contributed by atoms with Gasteiger partial charge in [0.15, 0.2) is 5.13 Å². The summed E-state index contributed by atoms with van der Waals surface area (Å²) in [6, 6.07) is 0. The second-order valence-electron chi connectivity index (χ2n) is 2.99. The molecule has 1 aromatic rings. The molecule has 0 aliphatic heterocycles. The first kappa shape index (κ1) is 22.0. The number of hydrogen-bond donors (Lipinski definition) is 5. The van der Waals surface area contributed by atoms with Crippen LogP contribution < -0.4 is 64.4 Å². The number of aryl methyl sites for hydroxylation is 1. The molecule has 1 rings (SSSR count). The molecule has 0 unspecified atom stereocenters. The van der Waals surface area contributed by atoms with Gasteiger partial charge in [0, 0.05) is 5.38 Å². The summed E-state index contributed by atoms with van der Waals surface area (Å²) in [5.41, 5.74) is -1.67. The van der Waals surface area contributed by atoms with Gasteiger partial charge in [0.2, 0.25) is 5.52 Å². The number of hydrogen-bond acceptors (Lipinski definition) is 5. The first-order valence-electron chi connectivity index (χ1n) is 3.90. The number of nitrogens with zero attached hydrogens (tertiary/aromatic N) is 1. The quantitative estimate of drug-likeness (QED) is 0.271. The van der Waals surface area contributed by atoms with Crippen LogP contribution in [0.15, 0.2) is 5.38 Å². The molecule has 18 heavy (non-hydrogen) atoms. The molecule has 0 aromatic carbocycles. The fraction of sp³-hybridized carbons (Fsp3) is 0.400. The van der Waals surface area contributed by atoms with E-state index in [4.69, 9.17) is 19.6 Å².